The molecule has 8 nitrogen and oxygen atoms in total. The van der Waals surface area contributed by atoms with E-state index in [0.29, 0.717) is 25.7 Å². The van der Waals surface area contributed by atoms with Gasteiger partial charge in [-0.25, -0.2) is 0 Å². The molecule has 0 spiro atoms. The Bertz CT molecular complexity index is 1290. The van der Waals surface area contributed by atoms with Crippen LogP contribution in [0.1, 0.15) is 60.0 Å². The van der Waals surface area contributed by atoms with Gasteiger partial charge in [-0.2, -0.15) is 0 Å². The summed E-state index contributed by atoms with van der Waals surface area (Å²) in [7, 11) is 3.63. The molecule has 0 aromatic heterocycles. The van der Waals surface area contributed by atoms with Crippen molar-refractivity contribution in [3.63, 3.8) is 0 Å². The molecule has 2 aliphatic rings. The average Bonchev–Trinajstić information content (AvgIpc) is 3.69. The summed E-state index contributed by atoms with van der Waals surface area (Å²) in [5.41, 5.74) is 7.71. The number of aryl methyl sites for hydroxylation is 2. The molecule has 0 aliphatic carbocycles. The van der Waals surface area contributed by atoms with E-state index in [1.165, 1.54) is 27.9 Å². The van der Waals surface area contributed by atoms with Gasteiger partial charge in [-0.3, -0.25) is 4.90 Å². The van der Waals surface area contributed by atoms with Crippen LogP contribution >= 0.6 is 0 Å². The van der Waals surface area contributed by atoms with Crippen molar-refractivity contribution in [2.24, 2.45) is 0 Å². The van der Waals surface area contributed by atoms with Crippen molar-refractivity contribution in [3.05, 3.63) is 82.4 Å². The molecule has 5 rings (SSSR count). The zero-order valence-electron chi connectivity index (χ0n) is 26.2. The van der Waals surface area contributed by atoms with Crippen molar-refractivity contribution >= 4 is 12.0 Å². The summed E-state index contributed by atoms with van der Waals surface area (Å²) in [5.74, 6) is 2.73. The van der Waals surface area contributed by atoms with E-state index in [4.69, 9.17) is 23.7 Å². The minimum absolute atomic E-state index is 0.173. The summed E-state index contributed by atoms with van der Waals surface area (Å²) >= 11 is 0. The Labute approximate surface area is 256 Å². The highest BCUT2D eigenvalue weighted by Crippen LogP contribution is 2.45. The zero-order chi connectivity index (χ0) is 30.6. The van der Waals surface area contributed by atoms with Crippen molar-refractivity contribution in [2.75, 3.05) is 59.4 Å². The summed E-state index contributed by atoms with van der Waals surface area (Å²) < 4.78 is 27.1. The number of para-hydroxylation sites is 1. The molecule has 3 aromatic rings. The monoisotopic (exact) mass is 590 g/mol. The molecule has 2 atom stereocenters. The van der Waals surface area contributed by atoms with Gasteiger partial charge in [-0.1, -0.05) is 50.2 Å². The first-order valence-electron chi connectivity index (χ1n) is 15.2. The van der Waals surface area contributed by atoms with Crippen molar-refractivity contribution in [2.45, 2.75) is 52.0 Å². The lowest BCUT2D eigenvalue weighted by Crippen LogP contribution is -2.25. The SMILES string of the molecule is CCc1cccc(CC)c1NC.COCCOCOc1ccc(C2CC(c3ccc4c(c3C)OCO4)CN2CC=O)cc1. The quantitative estimate of drug-likeness (QED) is 0.141. The normalized spacial score (nSPS) is 17.3. The molecule has 2 heterocycles. The molecule has 2 aliphatic heterocycles. The fourth-order valence-corrected chi connectivity index (χ4v) is 6.00. The van der Waals surface area contributed by atoms with Crippen LogP contribution in [0.4, 0.5) is 5.69 Å². The van der Waals surface area contributed by atoms with Gasteiger partial charge in [0.25, 0.3) is 0 Å². The van der Waals surface area contributed by atoms with Crippen LogP contribution in [-0.4, -0.2) is 65.2 Å². The van der Waals surface area contributed by atoms with Gasteiger partial charge in [0, 0.05) is 32.4 Å². The lowest BCUT2D eigenvalue weighted by molar-refractivity contribution is -0.109. The van der Waals surface area contributed by atoms with Crippen molar-refractivity contribution in [3.8, 4) is 17.2 Å². The van der Waals surface area contributed by atoms with Crippen LogP contribution in [0.5, 0.6) is 17.2 Å². The van der Waals surface area contributed by atoms with E-state index in [1.54, 1.807) is 7.11 Å². The summed E-state index contributed by atoms with van der Waals surface area (Å²) in [5, 5.41) is 3.27. The molecule has 1 fully saturated rings. The van der Waals surface area contributed by atoms with Crippen LogP contribution in [-0.2, 0) is 27.1 Å². The smallest absolute Gasteiger partial charge is 0.231 e. The van der Waals surface area contributed by atoms with E-state index < -0.39 is 0 Å². The fraction of sp³-hybridized carbons (Fsp3) is 0.457. The molecule has 1 N–H and O–H groups in total. The predicted octanol–water partition coefficient (Wildman–Crippen LogP) is 6.31. The Morgan fingerprint density at radius 2 is 1.74 bits per heavy atom. The highest BCUT2D eigenvalue weighted by molar-refractivity contribution is 5.57. The lowest BCUT2D eigenvalue weighted by atomic mass is 9.90. The molecule has 232 valence electrons. The molecule has 8 heteroatoms. The molecule has 0 radical (unpaired) electrons. The number of anilines is 1. The Balaban J connectivity index is 0.000000296. The Morgan fingerprint density at radius 1 is 1.00 bits per heavy atom. The molecule has 0 amide bonds. The number of aldehydes is 1. The first-order chi connectivity index (χ1) is 21.0. The second-order valence-corrected chi connectivity index (χ2v) is 10.7. The van der Waals surface area contributed by atoms with Crippen molar-refractivity contribution in [1.82, 2.24) is 4.90 Å². The molecular formula is C35H46N2O6. The number of carbonyl (C=O) groups excluding carboxylic acids is 1. The van der Waals surface area contributed by atoms with Crippen LogP contribution in [0.15, 0.2) is 54.6 Å². The van der Waals surface area contributed by atoms with Crippen LogP contribution < -0.4 is 19.5 Å². The van der Waals surface area contributed by atoms with Crippen LogP contribution in [0.2, 0.25) is 0 Å². The van der Waals surface area contributed by atoms with E-state index in [-0.39, 0.29) is 19.6 Å². The maximum absolute atomic E-state index is 11.3. The van der Waals surface area contributed by atoms with Gasteiger partial charge in [-0.15, -0.1) is 0 Å². The van der Waals surface area contributed by atoms with Crippen LogP contribution in [0, 0.1) is 6.92 Å². The summed E-state index contributed by atoms with van der Waals surface area (Å²) in [6, 6.07) is 18.9. The van der Waals surface area contributed by atoms with E-state index in [9.17, 15) is 4.79 Å². The van der Waals surface area contributed by atoms with Gasteiger partial charge in [0.05, 0.1) is 19.8 Å². The van der Waals surface area contributed by atoms with Gasteiger partial charge in [0.2, 0.25) is 6.79 Å². The topological polar surface area (TPSA) is 78.5 Å². The first-order valence-corrected chi connectivity index (χ1v) is 15.2. The number of hydrogen-bond donors (Lipinski definition) is 1. The number of hydrogen-bond acceptors (Lipinski definition) is 8. The Hall–Kier alpha value is -3.59. The van der Waals surface area contributed by atoms with E-state index in [0.717, 1.165) is 54.9 Å². The molecule has 3 aromatic carbocycles. The minimum atomic E-state index is 0.173. The third-order valence-corrected chi connectivity index (χ3v) is 8.24. The summed E-state index contributed by atoms with van der Waals surface area (Å²) in [6.45, 7) is 9.21. The fourth-order valence-electron chi connectivity index (χ4n) is 6.00. The molecule has 2 unspecified atom stereocenters. The number of benzene rings is 3. The van der Waals surface area contributed by atoms with Crippen LogP contribution in [0.3, 0.4) is 0 Å². The number of likely N-dealkylation sites (tertiary alicyclic amines) is 1. The highest BCUT2D eigenvalue weighted by atomic mass is 16.7. The van der Waals surface area contributed by atoms with E-state index in [2.05, 4.69) is 67.4 Å². The van der Waals surface area contributed by atoms with Crippen molar-refractivity contribution < 1.29 is 28.5 Å². The molecular weight excluding hydrogens is 544 g/mol. The largest absolute Gasteiger partial charge is 0.468 e. The predicted molar refractivity (Wildman–Crippen MR) is 170 cm³/mol. The Morgan fingerprint density at radius 3 is 2.40 bits per heavy atom. The number of fused-ring (bicyclic) bond motifs is 1. The average molecular weight is 591 g/mol. The molecule has 0 bridgehead atoms. The minimum Gasteiger partial charge on any atom is -0.468 e. The maximum atomic E-state index is 11.3. The Kier molecular flexibility index (Phi) is 12.3. The molecule has 1 saturated heterocycles. The number of nitrogens with one attached hydrogen (secondary N) is 1. The van der Waals surface area contributed by atoms with Gasteiger partial charge in [0.15, 0.2) is 18.3 Å². The summed E-state index contributed by atoms with van der Waals surface area (Å²) in [6.07, 6.45) is 4.12. The van der Waals surface area contributed by atoms with Crippen LogP contribution in [0.25, 0.3) is 0 Å². The third kappa shape index (κ3) is 8.07. The second-order valence-electron chi connectivity index (χ2n) is 10.7. The number of carbonyl (C=O) groups is 1. The third-order valence-electron chi connectivity index (χ3n) is 8.24. The van der Waals surface area contributed by atoms with E-state index in [1.807, 2.05) is 25.2 Å². The number of rotatable bonds is 13. The van der Waals surface area contributed by atoms with Gasteiger partial charge < -0.3 is 33.8 Å². The van der Waals surface area contributed by atoms with Gasteiger partial charge in [0.1, 0.15) is 12.0 Å². The zero-order valence-corrected chi connectivity index (χ0v) is 26.2. The second kappa shape index (κ2) is 16.3. The maximum Gasteiger partial charge on any atom is 0.231 e. The standard InChI is InChI=1S/C24H29NO6.C11H17N/c1-17-21(7-8-23-24(17)31-16-30-23)19-13-22(25(14-19)9-10-26)18-3-5-20(6-4-18)29-15-28-12-11-27-2;1-4-9-7-6-8-10(5-2)11(9)12-3/h3-8,10,19,22H,9,11-16H2,1-2H3;6-8,12H,4-5H2,1-3H3. The number of nitrogens with zero attached hydrogens (tertiary/aromatic N) is 1. The van der Waals surface area contributed by atoms with E-state index >= 15 is 0 Å². The molecule has 0 saturated carbocycles. The van der Waals surface area contributed by atoms with Crippen molar-refractivity contribution in [1.29, 1.82) is 0 Å². The number of ether oxygens (including phenoxy) is 5. The van der Waals surface area contributed by atoms with Gasteiger partial charge >= 0.3 is 0 Å². The number of methoxy groups -OCH3 is 1. The first kappa shape index (κ1) is 32.3. The lowest BCUT2D eigenvalue weighted by Gasteiger charge is -2.22. The summed E-state index contributed by atoms with van der Waals surface area (Å²) in [4.78, 5) is 13.6. The van der Waals surface area contributed by atoms with Gasteiger partial charge in [-0.05, 0) is 78.1 Å². The highest BCUT2D eigenvalue weighted by Gasteiger charge is 2.35. The molecule has 43 heavy (non-hydrogen) atoms.